The van der Waals surface area contributed by atoms with Gasteiger partial charge >= 0.3 is 5.97 Å². The number of unbranched alkanes of at least 4 members (excludes halogenated alkanes) is 17. The number of esters is 1. The summed E-state index contributed by atoms with van der Waals surface area (Å²) in [6.45, 7) is 4.43. The van der Waals surface area contributed by atoms with Crippen LogP contribution < -0.4 is 0 Å². The Morgan fingerprint density at radius 1 is 0.609 bits per heavy atom. The molecule has 2 fully saturated rings. The van der Waals surface area contributed by atoms with Crippen LogP contribution in [-0.2, 0) is 19.0 Å². The first-order chi connectivity index (χ1) is 22.5. The van der Waals surface area contributed by atoms with E-state index in [1.54, 1.807) is 0 Å². The molecular weight excluding hydrogens is 576 g/mol. The summed E-state index contributed by atoms with van der Waals surface area (Å²) in [4.78, 5) is 12.0. The zero-order valence-corrected chi connectivity index (χ0v) is 29.9. The lowest BCUT2D eigenvalue weighted by Gasteiger charge is -2.24. The van der Waals surface area contributed by atoms with Gasteiger partial charge in [0.2, 0.25) is 0 Å². The Bertz CT molecular complexity index is 814. The molecule has 0 aromatic rings. The number of aliphatic hydroxyl groups excluding tert-OH is 2. The largest absolute Gasteiger partial charge is 0.455 e. The highest BCUT2D eigenvalue weighted by atomic mass is 16.6. The third-order valence-electron chi connectivity index (χ3n) is 10.7. The first-order valence-electron chi connectivity index (χ1n) is 20.1. The van der Waals surface area contributed by atoms with Crippen LogP contribution in [0.2, 0.25) is 0 Å². The molecule has 0 aliphatic carbocycles. The third kappa shape index (κ3) is 15.5. The minimum absolute atomic E-state index is 0.0228. The van der Waals surface area contributed by atoms with Gasteiger partial charge < -0.3 is 24.4 Å². The van der Waals surface area contributed by atoms with Gasteiger partial charge in [-0.2, -0.15) is 0 Å². The summed E-state index contributed by atoms with van der Waals surface area (Å²) < 4.78 is 18.1. The van der Waals surface area contributed by atoms with Crippen molar-refractivity contribution in [3.05, 3.63) is 11.6 Å². The summed E-state index contributed by atoms with van der Waals surface area (Å²) >= 11 is 0. The summed E-state index contributed by atoms with van der Waals surface area (Å²) in [6, 6.07) is 0. The average molecular weight is 649 g/mol. The van der Waals surface area contributed by atoms with Crippen molar-refractivity contribution < 1.29 is 29.2 Å². The fourth-order valence-corrected chi connectivity index (χ4v) is 7.71. The van der Waals surface area contributed by atoms with Crippen LogP contribution in [0.25, 0.3) is 0 Å². The average Bonchev–Trinajstić information content (AvgIpc) is 3.82. The van der Waals surface area contributed by atoms with Crippen LogP contribution in [0.15, 0.2) is 11.6 Å². The van der Waals surface area contributed by atoms with Gasteiger partial charge in [-0.3, -0.25) is 0 Å². The Kier molecular flexibility index (Phi) is 20.8. The zero-order valence-electron chi connectivity index (χ0n) is 29.9. The molecule has 0 amide bonds. The van der Waals surface area contributed by atoms with Gasteiger partial charge in [0.05, 0.1) is 36.6 Å². The first kappa shape index (κ1) is 39.5. The molecule has 3 aliphatic rings. The van der Waals surface area contributed by atoms with Crippen molar-refractivity contribution in [3.8, 4) is 0 Å². The molecule has 0 saturated carbocycles. The molecule has 7 atom stereocenters. The van der Waals surface area contributed by atoms with Gasteiger partial charge in [0.1, 0.15) is 6.10 Å². The van der Waals surface area contributed by atoms with Gasteiger partial charge in [-0.15, -0.1) is 0 Å². The van der Waals surface area contributed by atoms with Crippen molar-refractivity contribution in [2.45, 2.75) is 236 Å². The maximum absolute atomic E-state index is 12.0. The summed E-state index contributed by atoms with van der Waals surface area (Å²) in [7, 11) is 0. The van der Waals surface area contributed by atoms with Gasteiger partial charge in [0, 0.05) is 5.57 Å². The fourth-order valence-electron chi connectivity index (χ4n) is 7.71. The van der Waals surface area contributed by atoms with Crippen molar-refractivity contribution >= 4 is 5.97 Å². The second-order valence-electron chi connectivity index (χ2n) is 14.8. The van der Waals surface area contributed by atoms with E-state index in [0.717, 1.165) is 89.0 Å². The summed E-state index contributed by atoms with van der Waals surface area (Å²) in [6.07, 6.45) is 33.4. The van der Waals surface area contributed by atoms with Gasteiger partial charge in [0.25, 0.3) is 0 Å². The minimum atomic E-state index is -0.376. The smallest absolute Gasteiger partial charge is 0.334 e. The highest BCUT2D eigenvalue weighted by Crippen LogP contribution is 2.34. The molecule has 3 rings (SSSR count). The van der Waals surface area contributed by atoms with Crippen LogP contribution in [0, 0.1) is 0 Å². The summed E-state index contributed by atoms with van der Waals surface area (Å²) in [5.41, 5.74) is 0.905. The Morgan fingerprint density at radius 2 is 1.04 bits per heavy atom. The van der Waals surface area contributed by atoms with Crippen molar-refractivity contribution in [2.75, 3.05) is 0 Å². The number of cyclic esters (lactones) is 1. The van der Waals surface area contributed by atoms with E-state index in [1.807, 2.05) is 0 Å². The van der Waals surface area contributed by atoms with Crippen molar-refractivity contribution in [2.24, 2.45) is 0 Å². The molecule has 0 aromatic heterocycles. The number of aliphatic hydroxyl groups is 2. The molecule has 46 heavy (non-hydrogen) atoms. The van der Waals surface area contributed by atoms with E-state index in [1.165, 1.54) is 96.3 Å². The number of carbonyl (C=O) groups is 1. The Labute approximate surface area is 282 Å². The van der Waals surface area contributed by atoms with Gasteiger partial charge in [-0.05, 0) is 70.3 Å². The van der Waals surface area contributed by atoms with Crippen LogP contribution in [-0.4, -0.2) is 58.9 Å². The molecular formula is C40H72O6. The van der Waals surface area contributed by atoms with Crippen molar-refractivity contribution in [1.29, 1.82) is 0 Å². The number of rotatable bonds is 28. The van der Waals surface area contributed by atoms with E-state index in [0.29, 0.717) is 0 Å². The highest BCUT2D eigenvalue weighted by molar-refractivity contribution is 5.90. The minimum Gasteiger partial charge on any atom is -0.455 e. The Morgan fingerprint density at radius 3 is 1.52 bits per heavy atom. The van der Waals surface area contributed by atoms with Crippen LogP contribution in [0.4, 0.5) is 0 Å². The maximum atomic E-state index is 12.0. The topological polar surface area (TPSA) is 85.2 Å². The predicted octanol–water partition coefficient (Wildman–Crippen LogP) is 10.1. The van der Waals surface area contributed by atoms with Crippen LogP contribution in [0.3, 0.4) is 0 Å². The van der Waals surface area contributed by atoms with E-state index in [9.17, 15) is 15.0 Å². The monoisotopic (exact) mass is 649 g/mol. The standard InChI is InChI=1S/C40H72O6/c1-3-5-7-8-9-15-18-21-25-34(41)36-27-29-38(45-36)39-30-28-37(46-39)35(42)26-22-19-16-13-11-10-12-14-17-20-23-32-31-33(24-6-4-2)44-40(32)43/h31,33-39,41-42H,3-30H2,1-2H3/t33-,34+,35+,36+,37+,38+,39+/m0/s1. The summed E-state index contributed by atoms with van der Waals surface area (Å²) in [5.74, 6) is -0.0819. The van der Waals surface area contributed by atoms with Crippen molar-refractivity contribution in [1.82, 2.24) is 0 Å². The Hall–Kier alpha value is -0.950. The molecule has 3 aliphatic heterocycles. The molecule has 0 spiro atoms. The molecule has 0 unspecified atom stereocenters. The number of hydrogen-bond acceptors (Lipinski definition) is 6. The number of hydrogen-bond donors (Lipinski definition) is 2. The van der Waals surface area contributed by atoms with E-state index >= 15 is 0 Å². The van der Waals surface area contributed by atoms with E-state index in [-0.39, 0.29) is 48.7 Å². The lowest BCUT2D eigenvalue weighted by molar-refractivity contribution is -0.140. The van der Waals surface area contributed by atoms with Crippen LogP contribution in [0.5, 0.6) is 0 Å². The molecule has 6 nitrogen and oxygen atoms in total. The van der Waals surface area contributed by atoms with Gasteiger partial charge in [-0.25, -0.2) is 4.79 Å². The van der Waals surface area contributed by atoms with Crippen LogP contribution in [0.1, 0.15) is 194 Å². The molecule has 268 valence electrons. The SMILES string of the molecule is CCCCCCCCCC[C@@H](O)[C@H]1CC[C@H]([C@H]2CC[C@H]([C@H](O)CCCCCCCCCCCCC3=C[C@H](CCCC)OC3=O)O2)O1. The second-order valence-corrected chi connectivity index (χ2v) is 14.8. The van der Waals surface area contributed by atoms with Gasteiger partial charge in [-0.1, -0.05) is 129 Å². The molecule has 2 N–H and O–H groups in total. The lowest BCUT2D eigenvalue weighted by atomic mass is 10.0. The number of ether oxygens (including phenoxy) is 3. The molecule has 0 aromatic carbocycles. The van der Waals surface area contributed by atoms with Crippen LogP contribution >= 0.6 is 0 Å². The van der Waals surface area contributed by atoms with E-state index in [4.69, 9.17) is 14.2 Å². The highest BCUT2D eigenvalue weighted by Gasteiger charge is 2.40. The normalized spacial score (nSPS) is 26.0. The predicted molar refractivity (Wildman–Crippen MR) is 188 cm³/mol. The number of carbonyl (C=O) groups excluding carboxylic acids is 1. The quantitative estimate of drug-likeness (QED) is 0.0649. The Balaban J connectivity index is 1.11. The third-order valence-corrected chi connectivity index (χ3v) is 10.7. The first-order valence-corrected chi connectivity index (χ1v) is 20.1. The lowest BCUT2D eigenvalue weighted by Crippen LogP contribution is -2.33. The molecule has 2 saturated heterocycles. The fraction of sp³-hybridized carbons (Fsp3) is 0.925. The summed E-state index contributed by atoms with van der Waals surface area (Å²) in [5, 5.41) is 21.5. The maximum Gasteiger partial charge on any atom is 0.334 e. The zero-order chi connectivity index (χ0) is 32.8. The van der Waals surface area contributed by atoms with E-state index in [2.05, 4.69) is 19.9 Å². The molecule has 6 heteroatoms. The molecule has 0 bridgehead atoms. The second kappa shape index (κ2) is 24.2. The molecule has 3 heterocycles. The van der Waals surface area contributed by atoms with Gasteiger partial charge in [0.15, 0.2) is 0 Å². The molecule has 0 radical (unpaired) electrons. The van der Waals surface area contributed by atoms with Crippen molar-refractivity contribution in [3.63, 3.8) is 0 Å². The van der Waals surface area contributed by atoms with E-state index < -0.39 is 0 Å².